The van der Waals surface area contributed by atoms with Crippen LogP contribution in [0.15, 0.2) is 72.9 Å². The molecule has 2 aromatic carbocycles. The summed E-state index contributed by atoms with van der Waals surface area (Å²) < 4.78 is 5.00. The zero-order valence-corrected chi connectivity index (χ0v) is 15.1. The molecule has 0 aliphatic rings. The van der Waals surface area contributed by atoms with Gasteiger partial charge in [0.25, 0.3) is 5.91 Å². The van der Waals surface area contributed by atoms with E-state index in [-0.39, 0.29) is 5.69 Å². The van der Waals surface area contributed by atoms with Crippen LogP contribution in [0.1, 0.15) is 21.6 Å². The number of carbonyl (C=O) groups is 2. The van der Waals surface area contributed by atoms with Gasteiger partial charge in [0.1, 0.15) is 5.69 Å². The Morgan fingerprint density at radius 2 is 1.74 bits per heavy atom. The Morgan fingerprint density at radius 3 is 2.52 bits per heavy atom. The van der Waals surface area contributed by atoms with Crippen molar-refractivity contribution in [2.75, 3.05) is 11.9 Å². The van der Waals surface area contributed by atoms with Gasteiger partial charge in [0.15, 0.2) is 6.61 Å². The standard InChI is InChI=1S/C21H17ClN2O3/c22-17-10-11-23-19(13-17)21(26)27-14-20(25)24-18-9-5-4-8-16(18)12-15-6-2-1-3-7-15/h1-11,13H,12,14H2,(H,24,25). The molecule has 0 aliphatic carbocycles. The summed E-state index contributed by atoms with van der Waals surface area (Å²) in [6.07, 6.45) is 2.09. The monoisotopic (exact) mass is 380 g/mol. The third-order valence-electron chi connectivity index (χ3n) is 3.79. The van der Waals surface area contributed by atoms with Crippen molar-refractivity contribution in [3.63, 3.8) is 0 Å². The first kappa shape index (κ1) is 18.6. The van der Waals surface area contributed by atoms with Crippen LogP contribution in [-0.2, 0) is 16.0 Å². The Hall–Kier alpha value is -3.18. The highest BCUT2D eigenvalue weighted by atomic mass is 35.5. The molecule has 0 saturated carbocycles. The summed E-state index contributed by atoms with van der Waals surface area (Å²) in [5, 5.41) is 3.16. The van der Waals surface area contributed by atoms with Gasteiger partial charge in [-0.1, -0.05) is 60.1 Å². The van der Waals surface area contributed by atoms with E-state index in [1.807, 2.05) is 54.6 Å². The van der Waals surface area contributed by atoms with Gasteiger partial charge in [-0.05, 0) is 35.7 Å². The molecule has 0 aliphatic heterocycles. The third kappa shape index (κ3) is 5.39. The number of aromatic nitrogens is 1. The third-order valence-corrected chi connectivity index (χ3v) is 4.03. The van der Waals surface area contributed by atoms with Crippen LogP contribution in [-0.4, -0.2) is 23.5 Å². The quantitative estimate of drug-likeness (QED) is 0.653. The van der Waals surface area contributed by atoms with Gasteiger partial charge in [0, 0.05) is 16.9 Å². The first-order valence-electron chi connectivity index (χ1n) is 8.32. The second-order valence-electron chi connectivity index (χ2n) is 5.80. The average molecular weight is 381 g/mol. The van der Waals surface area contributed by atoms with E-state index >= 15 is 0 Å². The summed E-state index contributed by atoms with van der Waals surface area (Å²) in [7, 11) is 0. The molecule has 136 valence electrons. The van der Waals surface area contributed by atoms with Crippen molar-refractivity contribution >= 4 is 29.2 Å². The number of para-hydroxylation sites is 1. The number of anilines is 1. The lowest BCUT2D eigenvalue weighted by molar-refractivity contribution is -0.119. The number of carbonyl (C=O) groups excluding carboxylic acids is 2. The SMILES string of the molecule is O=C(COC(=O)c1cc(Cl)ccn1)Nc1ccccc1Cc1ccccc1. The molecule has 0 radical (unpaired) electrons. The van der Waals surface area contributed by atoms with Gasteiger partial charge in [-0.25, -0.2) is 9.78 Å². The van der Waals surface area contributed by atoms with Crippen molar-refractivity contribution in [1.29, 1.82) is 0 Å². The molecule has 1 aromatic heterocycles. The van der Waals surface area contributed by atoms with Crippen molar-refractivity contribution in [2.24, 2.45) is 0 Å². The van der Waals surface area contributed by atoms with Crippen LogP contribution in [0.5, 0.6) is 0 Å². The highest BCUT2D eigenvalue weighted by molar-refractivity contribution is 6.30. The number of rotatable bonds is 6. The number of amides is 1. The normalized spacial score (nSPS) is 10.3. The van der Waals surface area contributed by atoms with Crippen molar-refractivity contribution < 1.29 is 14.3 Å². The van der Waals surface area contributed by atoms with Gasteiger partial charge in [0.05, 0.1) is 0 Å². The van der Waals surface area contributed by atoms with Crippen LogP contribution in [0.25, 0.3) is 0 Å². The number of esters is 1. The molecule has 0 bridgehead atoms. The first-order chi connectivity index (χ1) is 13.1. The Bertz CT molecular complexity index is 945. The zero-order valence-electron chi connectivity index (χ0n) is 14.4. The van der Waals surface area contributed by atoms with Gasteiger partial charge in [-0.15, -0.1) is 0 Å². The molecular weight excluding hydrogens is 364 g/mol. The van der Waals surface area contributed by atoms with Crippen LogP contribution in [0, 0.1) is 0 Å². The summed E-state index contributed by atoms with van der Waals surface area (Å²) in [6, 6.07) is 20.4. The Balaban J connectivity index is 1.60. The van der Waals surface area contributed by atoms with Gasteiger partial charge >= 0.3 is 5.97 Å². The number of hydrogen-bond acceptors (Lipinski definition) is 4. The smallest absolute Gasteiger partial charge is 0.357 e. The minimum atomic E-state index is -0.703. The maximum Gasteiger partial charge on any atom is 0.357 e. The molecule has 3 aromatic rings. The summed E-state index contributed by atoms with van der Waals surface area (Å²) >= 11 is 5.82. The fourth-order valence-electron chi connectivity index (χ4n) is 2.52. The number of nitrogens with one attached hydrogen (secondary N) is 1. The van der Waals surface area contributed by atoms with Crippen molar-refractivity contribution in [1.82, 2.24) is 4.98 Å². The number of nitrogens with zero attached hydrogens (tertiary/aromatic N) is 1. The molecular formula is C21H17ClN2O3. The van der Waals surface area contributed by atoms with E-state index in [2.05, 4.69) is 10.3 Å². The largest absolute Gasteiger partial charge is 0.451 e. The molecule has 27 heavy (non-hydrogen) atoms. The second kappa shape index (κ2) is 8.96. The maximum absolute atomic E-state index is 12.2. The van der Waals surface area contributed by atoms with E-state index in [0.29, 0.717) is 17.1 Å². The molecule has 0 unspecified atom stereocenters. The minimum Gasteiger partial charge on any atom is -0.451 e. The average Bonchev–Trinajstić information content (AvgIpc) is 2.68. The molecule has 1 N–H and O–H groups in total. The van der Waals surface area contributed by atoms with Crippen LogP contribution in [0.2, 0.25) is 5.02 Å². The van der Waals surface area contributed by atoms with Crippen molar-refractivity contribution in [3.8, 4) is 0 Å². The predicted molar refractivity (Wildman–Crippen MR) is 104 cm³/mol. The Labute approximate surface area is 162 Å². The van der Waals surface area contributed by atoms with Crippen LogP contribution < -0.4 is 5.32 Å². The van der Waals surface area contributed by atoms with Crippen LogP contribution in [0.4, 0.5) is 5.69 Å². The molecule has 3 rings (SSSR count). The molecule has 1 amide bonds. The van der Waals surface area contributed by atoms with Gasteiger partial charge in [-0.3, -0.25) is 4.79 Å². The second-order valence-corrected chi connectivity index (χ2v) is 6.24. The number of benzene rings is 2. The highest BCUT2D eigenvalue weighted by Crippen LogP contribution is 2.19. The molecule has 6 heteroatoms. The van der Waals surface area contributed by atoms with Crippen LogP contribution in [0.3, 0.4) is 0 Å². The van der Waals surface area contributed by atoms with E-state index in [4.69, 9.17) is 16.3 Å². The van der Waals surface area contributed by atoms with Gasteiger partial charge < -0.3 is 10.1 Å². The van der Waals surface area contributed by atoms with E-state index in [0.717, 1.165) is 11.1 Å². The minimum absolute atomic E-state index is 0.0553. The van der Waals surface area contributed by atoms with Crippen molar-refractivity contribution in [2.45, 2.75) is 6.42 Å². The van der Waals surface area contributed by atoms with Crippen molar-refractivity contribution in [3.05, 3.63) is 94.8 Å². The van der Waals surface area contributed by atoms with E-state index in [9.17, 15) is 9.59 Å². The van der Waals surface area contributed by atoms with Gasteiger partial charge in [-0.2, -0.15) is 0 Å². The topological polar surface area (TPSA) is 68.3 Å². The molecule has 0 fully saturated rings. The number of ether oxygens (including phenoxy) is 1. The molecule has 0 spiro atoms. The molecule has 0 atom stereocenters. The maximum atomic E-state index is 12.2. The summed E-state index contributed by atoms with van der Waals surface area (Å²) in [4.78, 5) is 28.0. The van der Waals surface area contributed by atoms with E-state index in [1.54, 1.807) is 6.07 Å². The lowest BCUT2D eigenvalue weighted by Crippen LogP contribution is -2.22. The molecule has 5 nitrogen and oxygen atoms in total. The van der Waals surface area contributed by atoms with Crippen LogP contribution >= 0.6 is 11.6 Å². The summed E-state index contributed by atoms with van der Waals surface area (Å²) in [6.45, 7) is -0.410. The Morgan fingerprint density at radius 1 is 1.00 bits per heavy atom. The van der Waals surface area contributed by atoms with E-state index in [1.165, 1.54) is 12.3 Å². The first-order valence-corrected chi connectivity index (χ1v) is 8.70. The van der Waals surface area contributed by atoms with E-state index < -0.39 is 18.5 Å². The summed E-state index contributed by atoms with van der Waals surface area (Å²) in [5.74, 6) is -1.13. The number of hydrogen-bond donors (Lipinski definition) is 1. The summed E-state index contributed by atoms with van der Waals surface area (Å²) in [5.41, 5.74) is 2.85. The van der Waals surface area contributed by atoms with Gasteiger partial charge in [0.2, 0.25) is 0 Å². The lowest BCUT2D eigenvalue weighted by atomic mass is 10.0. The number of halogens is 1. The molecule has 0 saturated heterocycles. The number of pyridine rings is 1. The highest BCUT2D eigenvalue weighted by Gasteiger charge is 2.13. The zero-order chi connectivity index (χ0) is 19.1. The fourth-order valence-corrected chi connectivity index (χ4v) is 2.68. The molecule has 1 heterocycles. The fraction of sp³-hybridized carbons (Fsp3) is 0.0952. The predicted octanol–water partition coefficient (Wildman–Crippen LogP) is 4.12. The lowest BCUT2D eigenvalue weighted by Gasteiger charge is -2.11. The Kier molecular flexibility index (Phi) is 6.18.